The van der Waals surface area contributed by atoms with Crippen LogP contribution in [0.25, 0.3) is 0 Å². The van der Waals surface area contributed by atoms with Crippen LogP contribution >= 0.6 is 23.4 Å². The molecule has 1 aromatic heterocycles. The number of nitro benzene ring substituents is 1. The first kappa shape index (κ1) is 25.9. The molecule has 0 fully saturated rings. The lowest BCUT2D eigenvalue weighted by Gasteiger charge is -2.15. The molecule has 0 saturated heterocycles. The predicted octanol–water partition coefficient (Wildman–Crippen LogP) is 4.56. The minimum atomic E-state index is -0.519. The van der Waals surface area contributed by atoms with Crippen LogP contribution < -0.4 is 10.6 Å². The van der Waals surface area contributed by atoms with Gasteiger partial charge in [0.2, 0.25) is 5.91 Å². The molecule has 0 bridgehead atoms. The molecule has 182 valence electrons. The van der Waals surface area contributed by atoms with Crippen molar-refractivity contribution in [2.45, 2.75) is 31.6 Å². The number of hydrogen-bond donors (Lipinski definition) is 2. The normalized spacial score (nSPS) is 11.5. The molecule has 0 aliphatic heterocycles. The Morgan fingerprint density at radius 1 is 1.29 bits per heavy atom. The number of carbonyl (C=O) groups excluding carboxylic acids is 2. The number of allylic oxidation sites excluding steroid dienone is 1. The molecule has 0 radical (unpaired) electrons. The molecule has 0 saturated carbocycles. The van der Waals surface area contributed by atoms with Crippen LogP contribution in [0.2, 0.25) is 5.02 Å². The molecule has 2 amide bonds. The highest BCUT2D eigenvalue weighted by atomic mass is 35.5. The van der Waals surface area contributed by atoms with E-state index in [9.17, 15) is 19.7 Å². The van der Waals surface area contributed by atoms with Gasteiger partial charge in [0, 0.05) is 18.7 Å². The van der Waals surface area contributed by atoms with Gasteiger partial charge in [-0.25, -0.2) is 0 Å². The zero-order valence-electron chi connectivity index (χ0n) is 19.0. The number of aryl methyl sites for hydroxylation is 1. The highest BCUT2D eigenvalue weighted by molar-refractivity contribution is 7.99. The standard InChI is InChI=1S/C23H23ClN6O4S/c1-4-11-29-21(15(3)25-22(32)17-7-5-6-8-18(17)24)27-28-23(29)35-13-20(31)26-19-12-16(30(33)34)10-9-14(19)2/h4-10,12,15H,1,11,13H2,2-3H3,(H,25,32)(H,26,31)/t15-/m0/s1. The van der Waals surface area contributed by atoms with Crippen molar-refractivity contribution in [2.75, 3.05) is 11.1 Å². The van der Waals surface area contributed by atoms with Crippen molar-refractivity contribution in [3.8, 4) is 0 Å². The summed E-state index contributed by atoms with van der Waals surface area (Å²) in [6.45, 7) is 7.64. The van der Waals surface area contributed by atoms with Crippen LogP contribution in [0.1, 0.15) is 34.7 Å². The van der Waals surface area contributed by atoms with Crippen LogP contribution in [-0.2, 0) is 11.3 Å². The van der Waals surface area contributed by atoms with Gasteiger partial charge < -0.3 is 15.2 Å². The Bertz CT molecular complexity index is 1280. The van der Waals surface area contributed by atoms with Crippen molar-refractivity contribution in [3.05, 3.63) is 87.2 Å². The minimum absolute atomic E-state index is 0.00221. The SMILES string of the molecule is C=CCn1c(SCC(=O)Nc2cc([N+](=O)[O-])ccc2C)nnc1[C@H](C)NC(=O)c1ccccc1Cl. The molecule has 35 heavy (non-hydrogen) atoms. The summed E-state index contributed by atoms with van der Waals surface area (Å²) in [6.07, 6.45) is 1.66. The zero-order valence-corrected chi connectivity index (χ0v) is 20.6. The third kappa shape index (κ3) is 6.46. The Labute approximate surface area is 210 Å². The van der Waals surface area contributed by atoms with E-state index < -0.39 is 11.0 Å². The number of carbonyl (C=O) groups is 2. The molecular formula is C23H23ClN6O4S. The van der Waals surface area contributed by atoms with Gasteiger partial charge in [0.25, 0.3) is 11.6 Å². The maximum atomic E-state index is 12.6. The van der Waals surface area contributed by atoms with Crippen LogP contribution in [0.3, 0.4) is 0 Å². The lowest BCUT2D eigenvalue weighted by atomic mass is 10.2. The number of anilines is 1. The fourth-order valence-corrected chi connectivity index (χ4v) is 4.16. The van der Waals surface area contributed by atoms with E-state index in [1.165, 1.54) is 12.1 Å². The number of thioether (sulfide) groups is 1. The topological polar surface area (TPSA) is 132 Å². The Kier molecular flexibility index (Phi) is 8.61. The summed E-state index contributed by atoms with van der Waals surface area (Å²) in [5.41, 5.74) is 1.31. The maximum Gasteiger partial charge on any atom is 0.271 e. The minimum Gasteiger partial charge on any atom is -0.342 e. The van der Waals surface area contributed by atoms with Gasteiger partial charge in [0.15, 0.2) is 11.0 Å². The lowest BCUT2D eigenvalue weighted by Crippen LogP contribution is -2.29. The van der Waals surface area contributed by atoms with E-state index in [0.29, 0.717) is 39.4 Å². The summed E-state index contributed by atoms with van der Waals surface area (Å²) in [4.78, 5) is 35.6. The summed E-state index contributed by atoms with van der Waals surface area (Å²) < 4.78 is 1.75. The number of aromatic nitrogens is 3. The predicted molar refractivity (Wildman–Crippen MR) is 135 cm³/mol. The first-order valence-electron chi connectivity index (χ1n) is 10.5. The van der Waals surface area contributed by atoms with E-state index in [2.05, 4.69) is 27.4 Å². The first-order valence-corrected chi connectivity index (χ1v) is 11.8. The second-order valence-corrected chi connectivity index (χ2v) is 8.86. The molecule has 3 rings (SSSR count). The van der Waals surface area contributed by atoms with Gasteiger partial charge in [-0.2, -0.15) is 0 Å². The molecule has 0 aliphatic carbocycles. The van der Waals surface area contributed by atoms with Crippen molar-refractivity contribution in [1.82, 2.24) is 20.1 Å². The average Bonchev–Trinajstić information content (AvgIpc) is 3.22. The second-order valence-electron chi connectivity index (χ2n) is 7.51. The molecule has 0 aliphatic rings. The van der Waals surface area contributed by atoms with Gasteiger partial charge in [-0.1, -0.05) is 47.6 Å². The fraction of sp³-hybridized carbons (Fsp3) is 0.217. The first-order chi connectivity index (χ1) is 16.7. The summed E-state index contributed by atoms with van der Waals surface area (Å²) in [6, 6.07) is 10.5. The number of nitro groups is 1. The van der Waals surface area contributed by atoms with Crippen molar-refractivity contribution >= 4 is 46.6 Å². The lowest BCUT2D eigenvalue weighted by molar-refractivity contribution is -0.384. The largest absolute Gasteiger partial charge is 0.342 e. The Morgan fingerprint density at radius 2 is 2.03 bits per heavy atom. The number of amides is 2. The summed E-state index contributed by atoms with van der Waals surface area (Å²) in [5.74, 6) is -0.217. The van der Waals surface area contributed by atoms with E-state index in [1.807, 2.05) is 0 Å². The zero-order chi connectivity index (χ0) is 25.5. The van der Waals surface area contributed by atoms with E-state index in [0.717, 1.165) is 11.8 Å². The quantitative estimate of drug-likeness (QED) is 0.175. The number of halogens is 1. The van der Waals surface area contributed by atoms with E-state index >= 15 is 0 Å². The van der Waals surface area contributed by atoms with Crippen LogP contribution in [0, 0.1) is 17.0 Å². The van der Waals surface area contributed by atoms with E-state index in [1.54, 1.807) is 54.8 Å². The highest BCUT2D eigenvalue weighted by Gasteiger charge is 2.21. The van der Waals surface area contributed by atoms with Gasteiger partial charge in [0.05, 0.1) is 33.0 Å². The van der Waals surface area contributed by atoms with Gasteiger partial charge >= 0.3 is 0 Å². The fourth-order valence-electron chi connectivity index (χ4n) is 3.19. The maximum absolute atomic E-state index is 12.6. The number of non-ortho nitro benzene ring substituents is 1. The van der Waals surface area contributed by atoms with Crippen LogP contribution in [0.4, 0.5) is 11.4 Å². The number of hydrogen-bond acceptors (Lipinski definition) is 7. The molecule has 1 heterocycles. The highest BCUT2D eigenvalue weighted by Crippen LogP contribution is 2.24. The smallest absolute Gasteiger partial charge is 0.271 e. The van der Waals surface area contributed by atoms with Crippen molar-refractivity contribution in [3.63, 3.8) is 0 Å². The van der Waals surface area contributed by atoms with Crippen LogP contribution in [0.15, 0.2) is 60.3 Å². The average molecular weight is 515 g/mol. The molecule has 0 unspecified atom stereocenters. The van der Waals surface area contributed by atoms with Crippen molar-refractivity contribution < 1.29 is 14.5 Å². The summed E-state index contributed by atoms with van der Waals surface area (Å²) in [5, 5.41) is 25.7. The number of rotatable bonds is 10. The molecule has 10 nitrogen and oxygen atoms in total. The Balaban J connectivity index is 1.69. The molecule has 0 spiro atoms. The molecular weight excluding hydrogens is 492 g/mol. The summed E-state index contributed by atoms with van der Waals surface area (Å²) >= 11 is 7.26. The van der Waals surface area contributed by atoms with Crippen molar-refractivity contribution in [1.29, 1.82) is 0 Å². The van der Waals surface area contributed by atoms with Gasteiger partial charge in [-0.3, -0.25) is 19.7 Å². The molecule has 2 N–H and O–H groups in total. The monoisotopic (exact) mass is 514 g/mol. The van der Waals surface area contributed by atoms with Gasteiger partial charge in [-0.15, -0.1) is 16.8 Å². The Morgan fingerprint density at radius 3 is 2.71 bits per heavy atom. The number of nitrogens with one attached hydrogen (secondary N) is 2. The molecule has 3 aromatic rings. The molecule has 2 aromatic carbocycles. The summed E-state index contributed by atoms with van der Waals surface area (Å²) in [7, 11) is 0. The van der Waals surface area contributed by atoms with Crippen LogP contribution in [-0.4, -0.2) is 37.3 Å². The molecule has 1 atom stereocenters. The van der Waals surface area contributed by atoms with E-state index in [4.69, 9.17) is 11.6 Å². The van der Waals surface area contributed by atoms with E-state index in [-0.39, 0.29) is 23.3 Å². The van der Waals surface area contributed by atoms with Gasteiger partial charge in [-0.05, 0) is 31.5 Å². The third-order valence-corrected chi connectivity index (χ3v) is 6.25. The molecule has 12 heteroatoms. The van der Waals surface area contributed by atoms with Crippen LogP contribution in [0.5, 0.6) is 0 Å². The third-order valence-electron chi connectivity index (χ3n) is 4.95. The number of nitrogens with zero attached hydrogens (tertiary/aromatic N) is 4. The Hall–Kier alpha value is -3.70. The number of benzene rings is 2. The van der Waals surface area contributed by atoms with Crippen molar-refractivity contribution in [2.24, 2.45) is 0 Å². The van der Waals surface area contributed by atoms with Gasteiger partial charge in [0.1, 0.15) is 0 Å². The second kappa shape index (κ2) is 11.6.